The fraction of sp³-hybridized carbons (Fsp3) is 0.391. The summed E-state index contributed by atoms with van der Waals surface area (Å²) in [5.74, 6) is 0. The summed E-state index contributed by atoms with van der Waals surface area (Å²) in [6.07, 6.45) is 4.66. The zero-order valence-corrected chi connectivity index (χ0v) is 18.7. The lowest BCUT2D eigenvalue weighted by atomic mass is 10.0. The molecule has 0 saturated carbocycles. The Hall–Kier alpha value is -2.52. The van der Waals surface area contributed by atoms with Gasteiger partial charge in [-0.2, -0.15) is 0 Å². The van der Waals surface area contributed by atoms with Crippen molar-refractivity contribution in [2.45, 2.75) is 45.2 Å². The van der Waals surface area contributed by atoms with Crippen molar-refractivity contribution in [3.8, 4) is 0 Å². The lowest BCUT2D eigenvalue weighted by molar-refractivity contribution is -0.137. The predicted molar refractivity (Wildman–Crippen MR) is 124 cm³/mol. The number of aliphatic hydroxyl groups is 1. The summed E-state index contributed by atoms with van der Waals surface area (Å²) in [7, 11) is 0. The molecule has 1 saturated heterocycles. The van der Waals surface area contributed by atoms with Gasteiger partial charge in [0.2, 0.25) is 0 Å². The predicted octanol–water partition coefficient (Wildman–Crippen LogP) is 3.89. The average Bonchev–Trinajstić information content (AvgIpc) is 3.35. The van der Waals surface area contributed by atoms with Gasteiger partial charge in [-0.15, -0.1) is 11.3 Å². The molecule has 0 radical (unpaired) electrons. The van der Waals surface area contributed by atoms with E-state index in [9.17, 15) is 5.11 Å². The highest BCUT2D eigenvalue weighted by molar-refractivity contribution is 7.09. The number of anilines is 1. The van der Waals surface area contributed by atoms with Crippen molar-refractivity contribution in [2.75, 3.05) is 18.5 Å². The number of hydrogen-bond donors (Lipinski definition) is 3. The number of hydrogen-bond acceptors (Lipinski definition) is 7. The van der Waals surface area contributed by atoms with Crippen molar-refractivity contribution in [1.82, 2.24) is 19.9 Å². The summed E-state index contributed by atoms with van der Waals surface area (Å²) >= 11 is 1.63. The van der Waals surface area contributed by atoms with E-state index in [-0.39, 0.29) is 11.6 Å². The number of rotatable bonds is 5. The number of aryl methyl sites for hydroxylation is 1. The Morgan fingerprint density at radius 1 is 1.35 bits per heavy atom. The number of nitrogens with zero attached hydrogens (tertiary/aromatic N) is 3. The van der Waals surface area contributed by atoms with Crippen LogP contribution in [0.1, 0.15) is 24.4 Å². The van der Waals surface area contributed by atoms with Gasteiger partial charge in [0.1, 0.15) is 11.2 Å². The SMILES string of the molecule is Cc1cc(NC(O)C2COC(C)(C)CN2Cc2nccs2)c2[nH]c3cnccc3c2c1. The Balaban J connectivity index is 1.45. The van der Waals surface area contributed by atoms with Gasteiger partial charge in [-0.05, 0) is 44.5 Å². The molecule has 0 amide bonds. The van der Waals surface area contributed by atoms with Crippen LogP contribution in [0.3, 0.4) is 0 Å². The van der Waals surface area contributed by atoms with E-state index in [1.165, 1.54) is 0 Å². The van der Waals surface area contributed by atoms with Gasteiger partial charge in [0.05, 0.1) is 47.7 Å². The number of ether oxygens (including phenoxy) is 1. The Kier molecular flexibility index (Phi) is 5.18. The first-order valence-electron chi connectivity index (χ1n) is 10.5. The minimum atomic E-state index is -0.800. The Morgan fingerprint density at radius 2 is 2.23 bits per heavy atom. The first-order valence-corrected chi connectivity index (χ1v) is 11.3. The van der Waals surface area contributed by atoms with Crippen LogP contribution in [0, 0.1) is 6.92 Å². The van der Waals surface area contributed by atoms with Gasteiger partial charge < -0.3 is 20.1 Å². The van der Waals surface area contributed by atoms with Crippen LogP contribution in [0.4, 0.5) is 5.69 Å². The molecule has 7 nitrogen and oxygen atoms in total. The average molecular weight is 438 g/mol. The molecule has 1 aromatic carbocycles. The van der Waals surface area contributed by atoms with Crippen LogP contribution in [-0.4, -0.2) is 56.0 Å². The molecule has 2 unspecified atom stereocenters. The van der Waals surface area contributed by atoms with E-state index >= 15 is 0 Å². The number of fused-ring (bicyclic) bond motifs is 3. The first-order chi connectivity index (χ1) is 14.9. The molecule has 0 aliphatic carbocycles. The van der Waals surface area contributed by atoms with Crippen LogP contribution >= 0.6 is 11.3 Å². The van der Waals surface area contributed by atoms with Gasteiger partial charge in [0, 0.05) is 35.1 Å². The van der Waals surface area contributed by atoms with Crippen LogP contribution in [0.2, 0.25) is 0 Å². The van der Waals surface area contributed by atoms with Gasteiger partial charge in [-0.25, -0.2) is 4.98 Å². The highest BCUT2D eigenvalue weighted by atomic mass is 32.1. The molecule has 5 rings (SSSR count). The van der Waals surface area contributed by atoms with E-state index in [2.05, 4.69) is 58.1 Å². The lowest BCUT2D eigenvalue weighted by Crippen LogP contribution is -2.59. The second kappa shape index (κ2) is 7.87. The number of nitrogens with one attached hydrogen (secondary N) is 2. The number of thiazole rings is 1. The van der Waals surface area contributed by atoms with E-state index in [4.69, 9.17) is 4.74 Å². The van der Waals surface area contributed by atoms with Gasteiger partial charge in [0.25, 0.3) is 0 Å². The van der Waals surface area contributed by atoms with E-state index in [1.807, 2.05) is 23.8 Å². The third-order valence-corrected chi connectivity index (χ3v) is 6.61. The zero-order chi connectivity index (χ0) is 21.6. The van der Waals surface area contributed by atoms with Crippen molar-refractivity contribution < 1.29 is 9.84 Å². The van der Waals surface area contributed by atoms with E-state index in [0.29, 0.717) is 13.2 Å². The number of aromatic nitrogens is 3. The molecular formula is C23H27N5O2S. The van der Waals surface area contributed by atoms with Gasteiger partial charge in [0.15, 0.2) is 0 Å². The lowest BCUT2D eigenvalue weighted by Gasteiger charge is -2.45. The molecule has 3 N–H and O–H groups in total. The van der Waals surface area contributed by atoms with Crippen molar-refractivity contribution in [1.29, 1.82) is 0 Å². The smallest absolute Gasteiger partial charge is 0.142 e. The fourth-order valence-corrected chi connectivity index (χ4v) is 5.04. The molecular weight excluding hydrogens is 410 g/mol. The van der Waals surface area contributed by atoms with Gasteiger partial charge >= 0.3 is 0 Å². The molecule has 0 spiro atoms. The minimum absolute atomic E-state index is 0.196. The number of pyridine rings is 1. The monoisotopic (exact) mass is 437 g/mol. The van der Waals surface area contributed by atoms with Crippen molar-refractivity contribution in [2.24, 2.45) is 0 Å². The van der Waals surface area contributed by atoms with Crippen molar-refractivity contribution in [3.63, 3.8) is 0 Å². The molecule has 8 heteroatoms. The number of aromatic amines is 1. The summed E-state index contributed by atoms with van der Waals surface area (Å²) in [4.78, 5) is 14.4. The number of aliphatic hydroxyl groups excluding tert-OH is 1. The third-order valence-electron chi connectivity index (χ3n) is 5.84. The number of benzene rings is 1. The van der Waals surface area contributed by atoms with Crippen LogP contribution in [0.15, 0.2) is 42.2 Å². The Morgan fingerprint density at radius 3 is 3.03 bits per heavy atom. The number of H-pyrrole nitrogens is 1. The zero-order valence-electron chi connectivity index (χ0n) is 17.9. The summed E-state index contributed by atoms with van der Waals surface area (Å²) in [5.41, 5.74) is 3.68. The summed E-state index contributed by atoms with van der Waals surface area (Å²) in [5, 5.41) is 19.9. The van der Waals surface area contributed by atoms with Crippen molar-refractivity contribution >= 4 is 38.8 Å². The van der Waals surface area contributed by atoms with E-state index < -0.39 is 6.23 Å². The molecule has 162 valence electrons. The van der Waals surface area contributed by atoms with Crippen LogP contribution in [-0.2, 0) is 11.3 Å². The molecule has 1 aliphatic heterocycles. The van der Waals surface area contributed by atoms with Gasteiger partial charge in [-0.3, -0.25) is 9.88 Å². The molecule has 1 fully saturated rings. The molecule has 31 heavy (non-hydrogen) atoms. The maximum atomic E-state index is 11.2. The maximum Gasteiger partial charge on any atom is 0.142 e. The van der Waals surface area contributed by atoms with Crippen LogP contribution in [0.25, 0.3) is 21.8 Å². The normalized spacial score (nSPS) is 20.3. The third kappa shape index (κ3) is 4.04. The quantitative estimate of drug-likeness (QED) is 0.411. The maximum absolute atomic E-state index is 11.2. The highest BCUT2D eigenvalue weighted by Crippen LogP contribution is 2.32. The molecule has 3 aromatic heterocycles. The Labute approximate surface area is 185 Å². The van der Waals surface area contributed by atoms with E-state index in [1.54, 1.807) is 17.5 Å². The Bertz CT molecular complexity index is 1200. The van der Waals surface area contributed by atoms with Crippen LogP contribution < -0.4 is 5.32 Å². The summed E-state index contributed by atoms with van der Waals surface area (Å²) in [6, 6.07) is 6.04. The molecule has 2 atom stereocenters. The molecule has 4 aromatic rings. The molecule has 4 heterocycles. The highest BCUT2D eigenvalue weighted by Gasteiger charge is 2.38. The van der Waals surface area contributed by atoms with E-state index in [0.717, 1.165) is 44.6 Å². The first kappa shape index (κ1) is 20.4. The van der Waals surface area contributed by atoms with Crippen LogP contribution in [0.5, 0.6) is 0 Å². The number of morpholine rings is 1. The standard InChI is InChI=1S/C23H27N5O2S/c1-14-8-16-15-4-5-24-10-18(15)26-21(16)17(9-14)27-22(29)19-12-30-23(2,3)13-28(19)11-20-25-6-7-31-20/h4-10,19,22,26-27,29H,11-13H2,1-3H3. The molecule has 0 bridgehead atoms. The summed E-state index contributed by atoms with van der Waals surface area (Å²) in [6.45, 7) is 8.09. The largest absolute Gasteiger partial charge is 0.372 e. The second-order valence-corrected chi connectivity index (χ2v) is 9.82. The second-order valence-electron chi connectivity index (χ2n) is 8.84. The van der Waals surface area contributed by atoms with Gasteiger partial charge in [-0.1, -0.05) is 0 Å². The minimum Gasteiger partial charge on any atom is -0.372 e. The fourth-order valence-electron chi connectivity index (χ4n) is 4.40. The summed E-state index contributed by atoms with van der Waals surface area (Å²) < 4.78 is 6.07. The molecule has 1 aliphatic rings. The topological polar surface area (TPSA) is 86.3 Å². The van der Waals surface area contributed by atoms with Crippen molar-refractivity contribution in [3.05, 3.63) is 52.7 Å².